The summed E-state index contributed by atoms with van der Waals surface area (Å²) in [5.74, 6) is -2.68. The Kier molecular flexibility index (Phi) is 11.1. The number of likely N-dealkylation sites (tertiary alicyclic amines) is 1. The number of fused-ring (bicyclic) bond motifs is 1. The highest BCUT2D eigenvalue weighted by molar-refractivity contribution is 6.30. The van der Waals surface area contributed by atoms with Crippen molar-refractivity contribution >= 4 is 34.2 Å². The number of alkyl halides is 3. The van der Waals surface area contributed by atoms with Crippen LogP contribution in [0.15, 0.2) is 53.3 Å². The fourth-order valence-electron chi connectivity index (χ4n) is 4.70. The number of rotatable bonds is 8. The average molecular weight is 609 g/mol. The molecule has 1 aliphatic heterocycles. The van der Waals surface area contributed by atoms with E-state index in [-0.39, 0.29) is 22.9 Å². The largest absolute Gasteiger partial charge is 0.490 e. The minimum absolute atomic E-state index is 0.0373. The van der Waals surface area contributed by atoms with Gasteiger partial charge >= 0.3 is 12.1 Å². The van der Waals surface area contributed by atoms with Gasteiger partial charge in [0, 0.05) is 41.4 Å². The number of carbonyl (C=O) groups is 2. The number of carboxylic acids is 1. The van der Waals surface area contributed by atoms with Gasteiger partial charge in [-0.25, -0.2) is 9.48 Å². The van der Waals surface area contributed by atoms with Gasteiger partial charge in [0.05, 0.1) is 17.6 Å². The summed E-state index contributed by atoms with van der Waals surface area (Å²) in [4.78, 5) is 36.8. The van der Waals surface area contributed by atoms with Crippen LogP contribution in [0.3, 0.4) is 0 Å². The Hall–Kier alpha value is -3.44. The molecule has 8 nitrogen and oxygen atoms in total. The molecule has 1 saturated heterocycles. The Morgan fingerprint density at radius 2 is 1.69 bits per heavy atom. The molecule has 1 fully saturated rings. The monoisotopic (exact) mass is 608 g/mol. The van der Waals surface area contributed by atoms with E-state index in [9.17, 15) is 22.8 Å². The number of aromatic nitrogens is 2. The van der Waals surface area contributed by atoms with Crippen LogP contribution >= 0.6 is 11.6 Å². The van der Waals surface area contributed by atoms with E-state index < -0.39 is 12.1 Å². The second kappa shape index (κ2) is 14.2. The Balaban J connectivity index is 0.000000616. The third-order valence-corrected chi connectivity index (χ3v) is 7.20. The molecular formula is C30H36ClF3N4O4. The third-order valence-electron chi connectivity index (χ3n) is 6.94. The highest BCUT2D eigenvalue weighted by atomic mass is 35.5. The summed E-state index contributed by atoms with van der Waals surface area (Å²) < 4.78 is 33.4. The molecule has 1 atom stereocenters. The average Bonchev–Trinajstić information content (AvgIpc) is 3.36. The lowest BCUT2D eigenvalue weighted by Crippen LogP contribution is -2.40. The molecule has 1 amide bonds. The van der Waals surface area contributed by atoms with Gasteiger partial charge in [-0.15, -0.1) is 0 Å². The van der Waals surface area contributed by atoms with Crippen LogP contribution in [0.25, 0.3) is 10.8 Å². The zero-order valence-electron chi connectivity index (χ0n) is 23.9. The van der Waals surface area contributed by atoms with Gasteiger partial charge in [0.25, 0.3) is 5.56 Å². The molecule has 2 N–H and O–H groups in total. The molecule has 0 unspecified atom stereocenters. The predicted molar refractivity (Wildman–Crippen MR) is 156 cm³/mol. The fourth-order valence-corrected chi connectivity index (χ4v) is 4.83. The number of carboxylic acid groups (broad SMARTS) is 1. The molecule has 12 heteroatoms. The third kappa shape index (κ3) is 9.29. The molecule has 0 saturated carbocycles. The quantitative estimate of drug-likeness (QED) is 0.337. The molecule has 1 aliphatic rings. The molecule has 0 bridgehead atoms. The highest BCUT2D eigenvalue weighted by Crippen LogP contribution is 2.22. The van der Waals surface area contributed by atoms with Gasteiger partial charge in [0.2, 0.25) is 5.91 Å². The molecular weight excluding hydrogens is 573 g/mol. The highest BCUT2D eigenvalue weighted by Gasteiger charge is 2.38. The van der Waals surface area contributed by atoms with Gasteiger partial charge < -0.3 is 10.4 Å². The maximum absolute atomic E-state index is 13.3. The van der Waals surface area contributed by atoms with Crippen molar-refractivity contribution in [3.63, 3.8) is 0 Å². The second-order valence-corrected chi connectivity index (χ2v) is 11.7. The fraction of sp³-hybridized carbons (Fsp3) is 0.467. The summed E-state index contributed by atoms with van der Waals surface area (Å²) in [5, 5.41) is 17.3. The van der Waals surface area contributed by atoms with Crippen molar-refractivity contribution in [2.45, 2.75) is 65.2 Å². The number of carbonyl (C=O) groups excluding carboxylic acids is 1. The molecule has 3 aromatic rings. The van der Waals surface area contributed by atoms with Crippen molar-refractivity contribution in [3.05, 3.63) is 75.2 Å². The Labute approximate surface area is 247 Å². The minimum Gasteiger partial charge on any atom is -0.475 e. The van der Waals surface area contributed by atoms with Crippen molar-refractivity contribution in [1.82, 2.24) is 20.0 Å². The zero-order chi connectivity index (χ0) is 31.1. The summed E-state index contributed by atoms with van der Waals surface area (Å²) in [6.45, 7) is 8.92. The SMILES string of the molecule is CC(C)(C)C(=O)NCCCN1CCC[C@@H]1Cn1nc(Cc2ccc(Cl)cc2)c2ccccc2c1=O.O=C(O)C(F)(F)F. The summed E-state index contributed by atoms with van der Waals surface area (Å²) in [6.07, 6.45) is -1.40. The molecule has 0 radical (unpaired) electrons. The van der Waals surface area contributed by atoms with Crippen molar-refractivity contribution in [2.24, 2.45) is 5.41 Å². The normalized spacial score (nSPS) is 15.7. The Bertz CT molecular complexity index is 1440. The van der Waals surface area contributed by atoms with Crippen molar-refractivity contribution in [3.8, 4) is 0 Å². The minimum atomic E-state index is -5.08. The van der Waals surface area contributed by atoms with Crippen LogP contribution in [0.5, 0.6) is 0 Å². The van der Waals surface area contributed by atoms with E-state index in [4.69, 9.17) is 26.6 Å². The number of halogens is 4. The first-order valence-corrected chi connectivity index (χ1v) is 14.1. The molecule has 42 heavy (non-hydrogen) atoms. The van der Waals surface area contributed by atoms with Gasteiger partial charge in [-0.05, 0) is 49.6 Å². The van der Waals surface area contributed by atoms with Gasteiger partial charge in [0.15, 0.2) is 0 Å². The van der Waals surface area contributed by atoms with Crippen LogP contribution in [0, 0.1) is 5.41 Å². The predicted octanol–water partition coefficient (Wildman–Crippen LogP) is 5.29. The molecule has 0 spiro atoms. The van der Waals surface area contributed by atoms with E-state index in [1.54, 1.807) is 4.68 Å². The Morgan fingerprint density at radius 1 is 1.07 bits per heavy atom. The van der Waals surface area contributed by atoms with Crippen molar-refractivity contribution < 1.29 is 27.9 Å². The zero-order valence-corrected chi connectivity index (χ0v) is 24.6. The lowest BCUT2D eigenvalue weighted by Gasteiger charge is -2.25. The van der Waals surface area contributed by atoms with Gasteiger partial charge in [-0.2, -0.15) is 18.3 Å². The number of hydrogen-bond donors (Lipinski definition) is 2. The topological polar surface area (TPSA) is 105 Å². The van der Waals surface area contributed by atoms with E-state index >= 15 is 0 Å². The van der Waals surface area contributed by atoms with E-state index in [2.05, 4.69) is 10.2 Å². The number of amides is 1. The lowest BCUT2D eigenvalue weighted by molar-refractivity contribution is -0.192. The number of aliphatic carboxylic acids is 1. The number of nitrogens with zero attached hydrogens (tertiary/aromatic N) is 3. The van der Waals surface area contributed by atoms with E-state index in [0.29, 0.717) is 29.9 Å². The molecule has 2 aromatic carbocycles. The van der Waals surface area contributed by atoms with Crippen LogP contribution in [0.1, 0.15) is 51.3 Å². The van der Waals surface area contributed by atoms with Crippen LogP contribution in [0.4, 0.5) is 13.2 Å². The molecule has 1 aromatic heterocycles. The van der Waals surface area contributed by atoms with Crippen molar-refractivity contribution in [1.29, 1.82) is 0 Å². The van der Waals surface area contributed by atoms with Crippen LogP contribution in [-0.4, -0.2) is 63.5 Å². The van der Waals surface area contributed by atoms with Crippen molar-refractivity contribution in [2.75, 3.05) is 19.6 Å². The first-order valence-electron chi connectivity index (χ1n) is 13.7. The molecule has 4 rings (SSSR count). The summed E-state index contributed by atoms with van der Waals surface area (Å²) in [5.41, 5.74) is 1.60. The number of nitrogens with one attached hydrogen (secondary N) is 1. The van der Waals surface area contributed by atoms with Gasteiger partial charge in [-0.1, -0.05) is 62.7 Å². The maximum Gasteiger partial charge on any atom is 0.490 e. The lowest BCUT2D eigenvalue weighted by atomic mass is 9.96. The maximum atomic E-state index is 13.3. The summed E-state index contributed by atoms with van der Waals surface area (Å²) in [7, 11) is 0. The standard InChI is InChI=1S/C28H35ClN4O2.C2HF3O2/c1-28(2,3)27(35)30-15-7-17-32-16-6-8-22(32)19-33-26(34)24-10-5-4-9-23(24)25(31-33)18-20-11-13-21(29)14-12-20;3-2(4,5)1(6)7/h4-5,9-14,22H,6-8,15-19H2,1-3H3,(H,30,35);(H,6,7)/t22-;/m1./s1. The Morgan fingerprint density at radius 3 is 2.29 bits per heavy atom. The number of benzene rings is 2. The van der Waals surface area contributed by atoms with Gasteiger partial charge in [0.1, 0.15) is 0 Å². The van der Waals surface area contributed by atoms with E-state index in [1.807, 2.05) is 69.3 Å². The van der Waals surface area contributed by atoms with E-state index in [1.165, 1.54) is 0 Å². The van der Waals surface area contributed by atoms with E-state index in [0.717, 1.165) is 49.0 Å². The van der Waals surface area contributed by atoms with Gasteiger partial charge in [-0.3, -0.25) is 14.5 Å². The smallest absolute Gasteiger partial charge is 0.475 e. The molecule has 2 heterocycles. The summed E-state index contributed by atoms with van der Waals surface area (Å²) in [6, 6.07) is 15.8. The van der Waals surface area contributed by atoms with Crippen LogP contribution < -0.4 is 10.9 Å². The molecule has 228 valence electrons. The van der Waals surface area contributed by atoms with Crippen LogP contribution in [0.2, 0.25) is 5.02 Å². The second-order valence-electron chi connectivity index (χ2n) is 11.3. The molecule has 0 aliphatic carbocycles. The number of hydrogen-bond acceptors (Lipinski definition) is 5. The first kappa shape index (κ1) is 33.1. The van der Waals surface area contributed by atoms with Crippen LogP contribution in [-0.2, 0) is 22.6 Å². The first-order chi connectivity index (χ1) is 19.7. The summed E-state index contributed by atoms with van der Waals surface area (Å²) >= 11 is 6.06.